The van der Waals surface area contributed by atoms with Gasteiger partial charge in [-0.1, -0.05) is 12.1 Å². The fraction of sp³-hybridized carbons (Fsp3) is 0.833. The molecule has 1 N–H and O–H groups in total. The van der Waals surface area contributed by atoms with E-state index in [1.165, 1.54) is 0 Å². The maximum absolute atomic E-state index is 5.58. The van der Waals surface area contributed by atoms with E-state index in [0.29, 0.717) is 18.3 Å². The van der Waals surface area contributed by atoms with Gasteiger partial charge in [-0.2, -0.15) is 4.98 Å². The molecule has 17 heavy (non-hydrogen) atoms. The molecule has 0 spiro atoms. The Morgan fingerprint density at radius 3 is 2.82 bits per heavy atom. The molecule has 1 fully saturated rings. The van der Waals surface area contributed by atoms with Crippen LogP contribution in [0, 0.1) is 0 Å². The number of nitrogens with zero attached hydrogens (tertiary/aromatic N) is 2. The second-order valence-electron chi connectivity index (χ2n) is 4.37. The largest absolute Gasteiger partial charge is 0.370 e. The van der Waals surface area contributed by atoms with Gasteiger partial charge in [-0.3, -0.25) is 0 Å². The van der Waals surface area contributed by atoms with Crippen LogP contribution in [0.1, 0.15) is 56.8 Å². The zero-order valence-corrected chi connectivity index (χ0v) is 10.6. The van der Waals surface area contributed by atoms with Gasteiger partial charge in [-0.25, -0.2) is 0 Å². The van der Waals surface area contributed by atoms with Crippen molar-refractivity contribution >= 4 is 0 Å². The van der Waals surface area contributed by atoms with E-state index in [-0.39, 0.29) is 6.10 Å². The molecule has 2 rings (SSSR count). The maximum Gasteiger partial charge on any atom is 0.229 e. The summed E-state index contributed by atoms with van der Waals surface area (Å²) in [5.41, 5.74) is 0. The van der Waals surface area contributed by atoms with Crippen LogP contribution in [0.3, 0.4) is 0 Å². The molecule has 0 saturated carbocycles. The fourth-order valence-corrected chi connectivity index (χ4v) is 2.19. The number of piperidine rings is 1. The van der Waals surface area contributed by atoms with E-state index in [2.05, 4.69) is 22.4 Å². The lowest BCUT2D eigenvalue weighted by Crippen LogP contribution is -2.26. The predicted molar refractivity (Wildman–Crippen MR) is 63.8 cm³/mol. The summed E-state index contributed by atoms with van der Waals surface area (Å²) >= 11 is 0. The topological polar surface area (TPSA) is 60.2 Å². The molecule has 1 atom stereocenters. The highest BCUT2D eigenvalue weighted by molar-refractivity contribution is 4.98. The van der Waals surface area contributed by atoms with Gasteiger partial charge in [0, 0.05) is 12.5 Å². The van der Waals surface area contributed by atoms with Crippen molar-refractivity contribution < 1.29 is 9.26 Å². The highest BCUT2D eigenvalue weighted by Gasteiger charge is 2.23. The molecule has 1 aromatic heterocycles. The van der Waals surface area contributed by atoms with E-state index in [9.17, 15) is 0 Å². The number of ether oxygens (including phenoxy) is 1. The Morgan fingerprint density at radius 2 is 2.18 bits per heavy atom. The van der Waals surface area contributed by atoms with E-state index in [1.54, 1.807) is 0 Å². The molecule has 96 valence electrons. The zero-order chi connectivity index (χ0) is 12.1. The number of nitrogens with one attached hydrogen (secondary N) is 1. The normalized spacial score (nSPS) is 19.4. The van der Waals surface area contributed by atoms with Crippen LogP contribution in [0.25, 0.3) is 0 Å². The van der Waals surface area contributed by atoms with Crippen LogP contribution < -0.4 is 5.32 Å². The third kappa shape index (κ3) is 3.04. The first-order valence-corrected chi connectivity index (χ1v) is 6.51. The Balaban J connectivity index is 2.03. The van der Waals surface area contributed by atoms with Crippen molar-refractivity contribution in [1.29, 1.82) is 0 Å². The first kappa shape index (κ1) is 12.5. The molecule has 1 aromatic rings. The summed E-state index contributed by atoms with van der Waals surface area (Å²) < 4.78 is 10.9. The van der Waals surface area contributed by atoms with Gasteiger partial charge in [0.2, 0.25) is 11.7 Å². The molecule has 0 aliphatic carbocycles. The van der Waals surface area contributed by atoms with Gasteiger partial charge in [-0.05, 0) is 39.3 Å². The quantitative estimate of drug-likeness (QED) is 0.851. The van der Waals surface area contributed by atoms with Crippen molar-refractivity contribution in [3.63, 3.8) is 0 Å². The van der Waals surface area contributed by atoms with Crippen LogP contribution in [0.5, 0.6) is 0 Å². The van der Waals surface area contributed by atoms with Gasteiger partial charge in [-0.15, -0.1) is 0 Å². The molecule has 1 aliphatic rings. The van der Waals surface area contributed by atoms with Crippen LogP contribution >= 0.6 is 0 Å². The van der Waals surface area contributed by atoms with Crippen molar-refractivity contribution in [2.75, 3.05) is 19.7 Å². The summed E-state index contributed by atoms with van der Waals surface area (Å²) in [6, 6.07) is 0. The Kier molecular flexibility index (Phi) is 4.50. The summed E-state index contributed by atoms with van der Waals surface area (Å²) in [6.45, 7) is 6.79. The zero-order valence-electron chi connectivity index (χ0n) is 10.6. The third-order valence-electron chi connectivity index (χ3n) is 3.17. The lowest BCUT2D eigenvalue weighted by Gasteiger charge is -2.18. The second-order valence-corrected chi connectivity index (χ2v) is 4.37. The molecule has 0 aromatic carbocycles. The molecular formula is C12H21N3O2. The molecule has 2 heterocycles. The van der Waals surface area contributed by atoms with Crippen LogP contribution in [0.2, 0.25) is 0 Å². The van der Waals surface area contributed by atoms with Gasteiger partial charge in [0.05, 0.1) is 0 Å². The SMILES string of the molecule is CCOC(CC)c1noc(C2CCNCC2)n1. The first-order chi connectivity index (χ1) is 8.35. The van der Waals surface area contributed by atoms with Gasteiger partial charge in [0.1, 0.15) is 6.10 Å². The molecule has 5 heteroatoms. The number of rotatable bonds is 5. The molecule has 5 nitrogen and oxygen atoms in total. The number of hydrogen-bond acceptors (Lipinski definition) is 5. The Labute approximate surface area is 102 Å². The molecule has 1 aliphatic heterocycles. The maximum atomic E-state index is 5.58. The van der Waals surface area contributed by atoms with Gasteiger partial charge >= 0.3 is 0 Å². The standard InChI is InChI=1S/C12H21N3O2/c1-3-10(16-4-2)11-14-12(17-15-11)9-5-7-13-8-6-9/h9-10,13H,3-8H2,1-2H3. The number of aromatic nitrogens is 2. The molecular weight excluding hydrogens is 218 g/mol. The van der Waals surface area contributed by atoms with Crippen LogP contribution in [0.4, 0.5) is 0 Å². The Morgan fingerprint density at radius 1 is 1.41 bits per heavy atom. The summed E-state index contributed by atoms with van der Waals surface area (Å²) in [4.78, 5) is 4.49. The van der Waals surface area contributed by atoms with E-state index in [0.717, 1.165) is 38.2 Å². The summed E-state index contributed by atoms with van der Waals surface area (Å²) in [5.74, 6) is 1.89. The summed E-state index contributed by atoms with van der Waals surface area (Å²) in [7, 11) is 0. The van der Waals surface area contributed by atoms with Gasteiger partial charge in [0.15, 0.2) is 0 Å². The molecule has 1 unspecified atom stereocenters. The molecule has 0 amide bonds. The molecule has 0 radical (unpaired) electrons. The average molecular weight is 239 g/mol. The highest BCUT2D eigenvalue weighted by Crippen LogP contribution is 2.26. The van der Waals surface area contributed by atoms with E-state index >= 15 is 0 Å². The Hall–Kier alpha value is -0.940. The smallest absolute Gasteiger partial charge is 0.229 e. The minimum absolute atomic E-state index is 0.0285. The number of hydrogen-bond donors (Lipinski definition) is 1. The summed E-state index contributed by atoms with van der Waals surface area (Å²) in [5, 5.41) is 7.38. The summed E-state index contributed by atoms with van der Waals surface area (Å²) in [6.07, 6.45) is 3.00. The van der Waals surface area contributed by atoms with Crippen molar-refractivity contribution in [2.24, 2.45) is 0 Å². The highest BCUT2D eigenvalue weighted by atomic mass is 16.5. The monoisotopic (exact) mass is 239 g/mol. The predicted octanol–water partition coefficient (Wildman–Crippen LogP) is 2.02. The average Bonchev–Trinajstić information content (AvgIpc) is 2.86. The minimum Gasteiger partial charge on any atom is -0.370 e. The van der Waals surface area contributed by atoms with Crippen LogP contribution in [-0.2, 0) is 4.74 Å². The van der Waals surface area contributed by atoms with Crippen LogP contribution in [-0.4, -0.2) is 29.8 Å². The van der Waals surface area contributed by atoms with Gasteiger partial charge in [0.25, 0.3) is 0 Å². The lowest BCUT2D eigenvalue weighted by molar-refractivity contribution is 0.0518. The van der Waals surface area contributed by atoms with E-state index in [1.807, 2.05) is 6.92 Å². The first-order valence-electron chi connectivity index (χ1n) is 6.51. The van der Waals surface area contributed by atoms with E-state index < -0.39 is 0 Å². The minimum atomic E-state index is -0.0285. The third-order valence-corrected chi connectivity index (χ3v) is 3.17. The van der Waals surface area contributed by atoms with Crippen molar-refractivity contribution in [3.05, 3.63) is 11.7 Å². The van der Waals surface area contributed by atoms with Crippen molar-refractivity contribution in [3.8, 4) is 0 Å². The Bertz CT molecular complexity index is 315. The van der Waals surface area contributed by atoms with Crippen molar-refractivity contribution in [1.82, 2.24) is 15.5 Å². The lowest BCUT2D eigenvalue weighted by atomic mass is 9.98. The van der Waals surface area contributed by atoms with Crippen LogP contribution in [0.15, 0.2) is 4.52 Å². The molecule has 0 bridgehead atoms. The fourth-order valence-electron chi connectivity index (χ4n) is 2.19. The van der Waals surface area contributed by atoms with Gasteiger partial charge < -0.3 is 14.6 Å². The van der Waals surface area contributed by atoms with E-state index in [4.69, 9.17) is 9.26 Å². The second kappa shape index (κ2) is 6.12. The molecule has 1 saturated heterocycles. The van der Waals surface area contributed by atoms with Crippen molar-refractivity contribution in [2.45, 2.75) is 45.1 Å².